The summed E-state index contributed by atoms with van der Waals surface area (Å²) in [7, 11) is -3.71. The normalized spacial score (nSPS) is 12.3. The second kappa shape index (κ2) is 9.03. The summed E-state index contributed by atoms with van der Waals surface area (Å²) in [5, 5.41) is 3.82. The predicted octanol–water partition coefficient (Wildman–Crippen LogP) is 3.15. The number of hydrogen-bond acceptors (Lipinski definition) is 4. The van der Waals surface area contributed by atoms with Crippen molar-refractivity contribution in [2.24, 2.45) is 5.10 Å². The molecule has 0 heterocycles. The van der Waals surface area contributed by atoms with Crippen LogP contribution >= 0.6 is 0 Å². The number of hydrogen-bond donors (Lipinski definition) is 1. The molecule has 0 radical (unpaired) electrons. The lowest BCUT2D eigenvalue weighted by molar-refractivity contribution is 0.0954. The summed E-state index contributed by atoms with van der Waals surface area (Å²) in [6.07, 6.45) is 0. The fraction of sp³-hybridized carbons (Fsp3) is 0.263. The molecule has 2 aromatic carbocycles. The van der Waals surface area contributed by atoms with Crippen molar-refractivity contribution < 1.29 is 22.0 Å². The fourth-order valence-electron chi connectivity index (χ4n) is 2.55. The summed E-state index contributed by atoms with van der Waals surface area (Å²) >= 11 is 0. The second-order valence-electron chi connectivity index (χ2n) is 5.88. The van der Waals surface area contributed by atoms with Gasteiger partial charge in [-0.25, -0.2) is 22.6 Å². The largest absolute Gasteiger partial charge is 0.271 e. The van der Waals surface area contributed by atoms with Crippen LogP contribution in [0.3, 0.4) is 0 Å². The van der Waals surface area contributed by atoms with Crippen molar-refractivity contribution >= 4 is 21.6 Å². The van der Waals surface area contributed by atoms with Crippen molar-refractivity contribution in [1.29, 1.82) is 0 Å². The molecule has 2 aromatic rings. The Bertz CT molecular complexity index is 1000. The number of hydrazone groups is 1. The van der Waals surface area contributed by atoms with E-state index in [-0.39, 0.29) is 21.7 Å². The van der Waals surface area contributed by atoms with E-state index in [0.29, 0.717) is 13.1 Å². The number of nitrogens with one attached hydrogen (secondary N) is 1. The molecule has 0 aliphatic rings. The van der Waals surface area contributed by atoms with Crippen molar-refractivity contribution in [3.05, 3.63) is 65.2 Å². The van der Waals surface area contributed by atoms with Crippen LogP contribution in [0.2, 0.25) is 0 Å². The summed E-state index contributed by atoms with van der Waals surface area (Å²) in [5.74, 6) is -2.18. The first-order chi connectivity index (χ1) is 13.2. The summed E-state index contributed by atoms with van der Waals surface area (Å²) in [6, 6.07) is 8.59. The molecule has 150 valence electrons. The lowest BCUT2D eigenvalue weighted by Crippen LogP contribution is -2.30. The minimum atomic E-state index is -3.71. The van der Waals surface area contributed by atoms with Crippen LogP contribution in [0.25, 0.3) is 0 Å². The van der Waals surface area contributed by atoms with Crippen molar-refractivity contribution in [1.82, 2.24) is 9.73 Å². The van der Waals surface area contributed by atoms with Gasteiger partial charge in [-0.1, -0.05) is 19.9 Å². The van der Waals surface area contributed by atoms with E-state index in [1.165, 1.54) is 41.6 Å². The zero-order valence-electron chi connectivity index (χ0n) is 15.7. The third-order valence-corrected chi connectivity index (χ3v) is 6.13. The van der Waals surface area contributed by atoms with E-state index in [1.54, 1.807) is 13.8 Å². The molecule has 28 heavy (non-hydrogen) atoms. The van der Waals surface area contributed by atoms with Crippen molar-refractivity contribution in [2.75, 3.05) is 13.1 Å². The smallest absolute Gasteiger partial charge is 0.267 e. The first kappa shape index (κ1) is 21.6. The van der Waals surface area contributed by atoms with Crippen molar-refractivity contribution in [2.45, 2.75) is 25.7 Å². The molecule has 0 aliphatic heterocycles. The number of amides is 1. The maximum Gasteiger partial charge on any atom is 0.271 e. The van der Waals surface area contributed by atoms with Gasteiger partial charge in [-0.2, -0.15) is 9.41 Å². The number of carbonyl (C=O) groups excluding carboxylic acids is 1. The summed E-state index contributed by atoms with van der Waals surface area (Å²) in [6.45, 7) is 5.52. The van der Waals surface area contributed by atoms with Crippen LogP contribution in [0, 0.1) is 11.6 Å². The van der Waals surface area contributed by atoms with Crippen LogP contribution in [0.5, 0.6) is 0 Å². The number of halogens is 2. The highest BCUT2D eigenvalue weighted by molar-refractivity contribution is 7.89. The average Bonchev–Trinajstić information content (AvgIpc) is 2.66. The lowest BCUT2D eigenvalue weighted by atomic mass is 10.1. The van der Waals surface area contributed by atoms with Gasteiger partial charge in [0, 0.05) is 30.3 Å². The third-order valence-electron chi connectivity index (χ3n) is 4.09. The minimum Gasteiger partial charge on any atom is -0.267 e. The zero-order valence-corrected chi connectivity index (χ0v) is 16.6. The highest BCUT2D eigenvalue weighted by Crippen LogP contribution is 2.17. The molecular weight excluding hydrogens is 388 g/mol. The highest BCUT2D eigenvalue weighted by atomic mass is 32.2. The van der Waals surface area contributed by atoms with Gasteiger partial charge in [0.15, 0.2) is 0 Å². The van der Waals surface area contributed by atoms with Gasteiger partial charge in [0.1, 0.15) is 11.6 Å². The van der Waals surface area contributed by atoms with Crippen LogP contribution in [-0.2, 0) is 10.0 Å². The Labute approximate surface area is 162 Å². The van der Waals surface area contributed by atoms with Gasteiger partial charge in [0.05, 0.1) is 10.6 Å². The predicted molar refractivity (Wildman–Crippen MR) is 103 cm³/mol. The number of nitrogens with zero attached hydrogens (tertiary/aromatic N) is 2. The molecule has 2 rings (SSSR count). The Kier molecular flexibility index (Phi) is 6.98. The number of rotatable bonds is 7. The third kappa shape index (κ3) is 4.79. The molecular formula is C19H21F2N3O3S. The van der Waals surface area contributed by atoms with Crippen molar-refractivity contribution in [3.8, 4) is 0 Å². The summed E-state index contributed by atoms with van der Waals surface area (Å²) in [4.78, 5) is 12.3. The van der Waals surface area contributed by atoms with E-state index >= 15 is 0 Å². The Balaban J connectivity index is 2.23. The van der Waals surface area contributed by atoms with E-state index in [0.717, 1.165) is 12.1 Å². The van der Waals surface area contributed by atoms with Crippen LogP contribution in [0.15, 0.2) is 52.5 Å². The van der Waals surface area contributed by atoms with Gasteiger partial charge < -0.3 is 0 Å². The monoisotopic (exact) mass is 409 g/mol. The molecule has 6 nitrogen and oxygen atoms in total. The van der Waals surface area contributed by atoms with Crippen LogP contribution in [0.4, 0.5) is 8.78 Å². The molecule has 0 spiro atoms. The molecule has 0 unspecified atom stereocenters. The van der Waals surface area contributed by atoms with Gasteiger partial charge in [-0.15, -0.1) is 0 Å². The van der Waals surface area contributed by atoms with Crippen LogP contribution in [0.1, 0.15) is 36.7 Å². The van der Waals surface area contributed by atoms with Gasteiger partial charge >= 0.3 is 0 Å². The molecule has 0 saturated heterocycles. The van der Waals surface area contributed by atoms with Crippen LogP contribution < -0.4 is 5.43 Å². The molecule has 0 fully saturated rings. The Hall–Kier alpha value is -2.65. The topological polar surface area (TPSA) is 78.8 Å². The first-order valence-electron chi connectivity index (χ1n) is 8.61. The highest BCUT2D eigenvalue weighted by Gasteiger charge is 2.22. The molecule has 0 bridgehead atoms. The lowest BCUT2D eigenvalue weighted by Gasteiger charge is -2.18. The Morgan fingerprint density at radius 3 is 2.39 bits per heavy atom. The first-order valence-corrected chi connectivity index (χ1v) is 10.0. The molecule has 9 heteroatoms. The summed E-state index contributed by atoms with van der Waals surface area (Å²) in [5.41, 5.74) is 2.52. The van der Waals surface area contributed by atoms with Crippen LogP contribution in [-0.4, -0.2) is 37.4 Å². The summed E-state index contributed by atoms with van der Waals surface area (Å²) < 4.78 is 53.2. The van der Waals surface area contributed by atoms with Gasteiger partial charge in [0.2, 0.25) is 10.0 Å². The maximum atomic E-state index is 13.8. The molecule has 0 atom stereocenters. The number of benzene rings is 2. The quantitative estimate of drug-likeness (QED) is 0.564. The average molecular weight is 409 g/mol. The molecule has 1 amide bonds. The second-order valence-corrected chi connectivity index (χ2v) is 7.82. The minimum absolute atomic E-state index is 0.00543. The number of carbonyl (C=O) groups is 1. The molecule has 0 saturated carbocycles. The Morgan fingerprint density at radius 1 is 1.11 bits per heavy atom. The van der Waals surface area contributed by atoms with E-state index in [2.05, 4.69) is 10.5 Å². The van der Waals surface area contributed by atoms with E-state index in [9.17, 15) is 22.0 Å². The van der Waals surface area contributed by atoms with Gasteiger partial charge in [0.25, 0.3) is 5.91 Å². The van der Waals surface area contributed by atoms with Gasteiger partial charge in [-0.3, -0.25) is 4.79 Å². The van der Waals surface area contributed by atoms with E-state index < -0.39 is 27.6 Å². The number of sulfonamides is 1. The van der Waals surface area contributed by atoms with Gasteiger partial charge in [-0.05, 0) is 37.3 Å². The Morgan fingerprint density at radius 2 is 1.79 bits per heavy atom. The molecule has 1 N–H and O–H groups in total. The zero-order chi connectivity index (χ0) is 20.9. The molecule has 0 aromatic heterocycles. The van der Waals surface area contributed by atoms with Crippen molar-refractivity contribution in [3.63, 3.8) is 0 Å². The SMILES string of the molecule is CCN(CC)S(=O)(=O)c1cccc(C(=O)N/N=C(\C)c2ccc(F)cc2F)c1. The fourth-order valence-corrected chi connectivity index (χ4v) is 4.06. The van der Waals surface area contributed by atoms with E-state index in [1.807, 2.05) is 0 Å². The van der Waals surface area contributed by atoms with E-state index in [4.69, 9.17) is 0 Å². The standard InChI is InChI=1S/C19H21F2N3O3S/c1-4-24(5-2)28(26,27)16-8-6-7-14(11-16)19(25)23-22-13(3)17-10-9-15(20)12-18(17)21/h6-12H,4-5H2,1-3H3,(H,23,25)/b22-13+. The maximum absolute atomic E-state index is 13.8. The molecule has 0 aliphatic carbocycles.